The summed E-state index contributed by atoms with van der Waals surface area (Å²) in [5, 5.41) is 2.44. The second-order valence-electron chi connectivity index (χ2n) is 4.60. The molecule has 3 rings (SSSR count). The molecule has 86 valence electrons. The first-order valence-corrected chi connectivity index (χ1v) is 6.86. The standard InChI is InChI=1S/C15H13IO/c1-9(2)10-5-3-6-11-12-7-4-8-13(16)15(12)17-14(10)11/h3-9H,1-2H3. The summed E-state index contributed by atoms with van der Waals surface area (Å²) in [6.45, 7) is 4.40. The second kappa shape index (κ2) is 4.02. The van der Waals surface area contributed by atoms with E-state index >= 15 is 0 Å². The van der Waals surface area contributed by atoms with Crippen LogP contribution in [0.2, 0.25) is 0 Å². The van der Waals surface area contributed by atoms with Gasteiger partial charge in [0.2, 0.25) is 0 Å². The fourth-order valence-electron chi connectivity index (χ4n) is 2.26. The molecular weight excluding hydrogens is 323 g/mol. The lowest BCUT2D eigenvalue weighted by atomic mass is 10.0. The maximum Gasteiger partial charge on any atom is 0.148 e. The van der Waals surface area contributed by atoms with Gasteiger partial charge in [-0.25, -0.2) is 0 Å². The Balaban J connectivity index is 2.51. The smallest absolute Gasteiger partial charge is 0.148 e. The number of hydrogen-bond donors (Lipinski definition) is 0. The van der Waals surface area contributed by atoms with E-state index in [0.29, 0.717) is 5.92 Å². The molecule has 0 spiro atoms. The van der Waals surface area contributed by atoms with E-state index < -0.39 is 0 Å². The highest BCUT2D eigenvalue weighted by Gasteiger charge is 2.13. The highest BCUT2D eigenvalue weighted by Crippen LogP contribution is 2.35. The molecule has 0 fully saturated rings. The summed E-state index contributed by atoms with van der Waals surface area (Å²) in [6.07, 6.45) is 0. The predicted octanol–water partition coefficient (Wildman–Crippen LogP) is 5.31. The van der Waals surface area contributed by atoms with Crippen LogP contribution in [0.15, 0.2) is 40.8 Å². The van der Waals surface area contributed by atoms with E-state index in [1.807, 2.05) is 0 Å². The molecule has 2 aromatic carbocycles. The van der Waals surface area contributed by atoms with Gasteiger partial charge >= 0.3 is 0 Å². The predicted molar refractivity (Wildman–Crippen MR) is 80.5 cm³/mol. The lowest BCUT2D eigenvalue weighted by Crippen LogP contribution is -1.86. The highest BCUT2D eigenvalue weighted by molar-refractivity contribution is 14.1. The molecular formula is C15H13IO. The molecule has 0 saturated heterocycles. The first-order valence-electron chi connectivity index (χ1n) is 5.78. The topological polar surface area (TPSA) is 13.1 Å². The van der Waals surface area contributed by atoms with Crippen LogP contribution >= 0.6 is 22.6 Å². The molecule has 0 unspecified atom stereocenters. The minimum atomic E-state index is 0.483. The van der Waals surface area contributed by atoms with Gasteiger partial charge in [0, 0.05) is 10.8 Å². The number of para-hydroxylation sites is 2. The molecule has 3 aromatic rings. The Labute approximate surface area is 114 Å². The number of hydrogen-bond acceptors (Lipinski definition) is 1. The average Bonchev–Trinajstić information content (AvgIpc) is 2.69. The number of rotatable bonds is 1. The molecule has 2 heteroatoms. The van der Waals surface area contributed by atoms with Crippen LogP contribution in [0.3, 0.4) is 0 Å². The molecule has 0 atom stereocenters. The van der Waals surface area contributed by atoms with Gasteiger partial charge in [-0.3, -0.25) is 0 Å². The average molecular weight is 336 g/mol. The van der Waals surface area contributed by atoms with Crippen molar-refractivity contribution in [3.05, 3.63) is 45.5 Å². The molecule has 0 aliphatic heterocycles. The molecule has 1 aromatic heterocycles. The van der Waals surface area contributed by atoms with E-state index in [9.17, 15) is 0 Å². The van der Waals surface area contributed by atoms with E-state index in [1.165, 1.54) is 19.9 Å². The van der Waals surface area contributed by atoms with Gasteiger partial charge in [0.15, 0.2) is 0 Å². The lowest BCUT2D eigenvalue weighted by Gasteiger charge is -2.04. The van der Waals surface area contributed by atoms with E-state index in [2.05, 4.69) is 72.8 Å². The number of fused-ring (bicyclic) bond motifs is 3. The zero-order valence-corrected chi connectivity index (χ0v) is 12.0. The van der Waals surface area contributed by atoms with Crippen molar-refractivity contribution in [1.29, 1.82) is 0 Å². The van der Waals surface area contributed by atoms with Crippen molar-refractivity contribution in [2.45, 2.75) is 19.8 Å². The Bertz CT molecular complexity index is 695. The van der Waals surface area contributed by atoms with Crippen molar-refractivity contribution in [1.82, 2.24) is 0 Å². The van der Waals surface area contributed by atoms with Crippen LogP contribution in [0.1, 0.15) is 25.3 Å². The molecule has 0 amide bonds. The molecule has 17 heavy (non-hydrogen) atoms. The van der Waals surface area contributed by atoms with Gasteiger partial charge in [-0.1, -0.05) is 44.2 Å². The first kappa shape index (κ1) is 11.1. The van der Waals surface area contributed by atoms with Crippen LogP contribution in [-0.2, 0) is 0 Å². The van der Waals surface area contributed by atoms with E-state index in [4.69, 9.17) is 4.42 Å². The molecule has 0 radical (unpaired) electrons. The van der Waals surface area contributed by atoms with Crippen LogP contribution in [0, 0.1) is 3.57 Å². The summed E-state index contributed by atoms with van der Waals surface area (Å²) in [5.74, 6) is 0.483. The van der Waals surface area contributed by atoms with Crippen molar-refractivity contribution >= 4 is 44.5 Å². The zero-order chi connectivity index (χ0) is 12.0. The Morgan fingerprint density at radius 3 is 2.29 bits per heavy atom. The minimum Gasteiger partial charge on any atom is -0.455 e. The van der Waals surface area contributed by atoms with E-state index in [0.717, 1.165) is 11.2 Å². The zero-order valence-electron chi connectivity index (χ0n) is 9.83. The molecule has 0 N–H and O–H groups in total. The lowest BCUT2D eigenvalue weighted by molar-refractivity contribution is 0.655. The monoisotopic (exact) mass is 336 g/mol. The number of benzene rings is 2. The minimum absolute atomic E-state index is 0.483. The van der Waals surface area contributed by atoms with Gasteiger partial charge in [0.1, 0.15) is 11.2 Å². The third-order valence-electron chi connectivity index (χ3n) is 3.13. The van der Waals surface area contributed by atoms with Crippen molar-refractivity contribution in [3.63, 3.8) is 0 Å². The normalized spacial score (nSPS) is 11.8. The second-order valence-corrected chi connectivity index (χ2v) is 5.76. The molecule has 0 aliphatic carbocycles. The van der Waals surface area contributed by atoms with E-state index in [1.54, 1.807) is 0 Å². The summed E-state index contributed by atoms with van der Waals surface area (Å²) in [6, 6.07) is 12.7. The SMILES string of the molecule is CC(C)c1cccc2c1oc1c(I)cccc12. The van der Waals surface area contributed by atoms with Crippen molar-refractivity contribution in [3.8, 4) is 0 Å². The maximum absolute atomic E-state index is 6.07. The summed E-state index contributed by atoms with van der Waals surface area (Å²) in [7, 11) is 0. The van der Waals surface area contributed by atoms with Crippen molar-refractivity contribution < 1.29 is 4.42 Å². The van der Waals surface area contributed by atoms with Gasteiger partial charge in [-0.05, 0) is 40.1 Å². The molecule has 0 bridgehead atoms. The summed E-state index contributed by atoms with van der Waals surface area (Å²) < 4.78 is 7.24. The molecule has 1 nitrogen and oxygen atoms in total. The maximum atomic E-state index is 6.07. The van der Waals surface area contributed by atoms with Gasteiger partial charge in [0.25, 0.3) is 0 Å². The van der Waals surface area contributed by atoms with Gasteiger partial charge in [-0.2, -0.15) is 0 Å². The van der Waals surface area contributed by atoms with Crippen LogP contribution in [0.5, 0.6) is 0 Å². The van der Waals surface area contributed by atoms with Gasteiger partial charge in [0.05, 0.1) is 3.57 Å². The highest BCUT2D eigenvalue weighted by atomic mass is 127. The van der Waals surface area contributed by atoms with Gasteiger partial charge < -0.3 is 4.42 Å². The fourth-order valence-corrected chi connectivity index (χ4v) is 2.87. The third-order valence-corrected chi connectivity index (χ3v) is 3.98. The number of furan rings is 1. The molecule has 1 heterocycles. The summed E-state index contributed by atoms with van der Waals surface area (Å²) in [5.41, 5.74) is 3.34. The first-order chi connectivity index (χ1) is 8.18. The summed E-state index contributed by atoms with van der Waals surface area (Å²) in [4.78, 5) is 0. The fraction of sp³-hybridized carbons (Fsp3) is 0.200. The third kappa shape index (κ3) is 1.66. The quantitative estimate of drug-likeness (QED) is 0.549. The Kier molecular flexibility index (Phi) is 2.62. The molecule has 0 saturated carbocycles. The number of halogens is 1. The van der Waals surface area contributed by atoms with Crippen LogP contribution in [0.25, 0.3) is 21.9 Å². The van der Waals surface area contributed by atoms with Crippen molar-refractivity contribution in [2.24, 2.45) is 0 Å². The van der Waals surface area contributed by atoms with E-state index in [-0.39, 0.29) is 0 Å². The largest absolute Gasteiger partial charge is 0.455 e. The Morgan fingerprint density at radius 2 is 1.59 bits per heavy atom. The van der Waals surface area contributed by atoms with Crippen LogP contribution < -0.4 is 0 Å². The van der Waals surface area contributed by atoms with Crippen LogP contribution in [-0.4, -0.2) is 0 Å². The molecule has 0 aliphatic rings. The Morgan fingerprint density at radius 1 is 0.941 bits per heavy atom. The Hall–Kier alpha value is -1.03. The van der Waals surface area contributed by atoms with Crippen molar-refractivity contribution in [2.75, 3.05) is 0 Å². The van der Waals surface area contributed by atoms with Crippen LogP contribution in [0.4, 0.5) is 0 Å². The van der Waals surface area contributed by atoms with Gasteiger partial charge in [-0.15, -0.1) is 0 Å². The summed E-state index contributed by atoms with van der Waals surface area (Å²) >= 11 is 2.33.